The van der Waals surface area contributed by atoms with Gasteiger partial charge in [-0.15, -0.1) is 0 Å². The standard InChI is InChI=1S/C25H38N2O3/c1-15(2)30-20-9-7-18(8-10-20)23-22-14-19-13-21(16(3)26-24(19,5)6)25(22,11-12-29-23)27-17(4)28/h7-10,15-16,19,21-23,26H,11-14H2,1-6H3,(H,27,28)/t16-,19-,21+,22+,23+,25+/m1/s1. The molecular weight excluding hydrogens is 376 g/mol. The van der Waals surface area contributed by atoms with E-state index in [1.807, 2.05) is 26.0 Å². The van der Waals surface area contributed by atoms with Crippen molar-refractivity contribution in [3.05, 3.63) is 29.8 Å². The summed E-state index contributed by atoms with van der Waals surface area (Å²) < 4.78 is 12.2. The predicted octanol–water partition coefficient (Wildman–Crippen LogP) is 4.22. The van der Waals surface area contributed by atoms with Crippen molar-refractivity contribution in [1.29, 1.82) is 0 Å². The number of benzene rings is 1. The highest BCUT2D eigenvalue weighted by atomic mass is 16.5. The third-order valence-corrected chi connectivity index (χ3v) is 7.79. The minimum absolute atomic E-state index is 0.00917. The molecule has 2 heterocycles. The molecule has 5 nitrogen and oxygen atoms in total. The van der Waals surface area contributed by atoms with Crippen molar-refractivity contribution in [2.24, 2.45) is 17.8 Å². The molecule has 2 N–H and O–H groups in total. The first-order chi connectivity index (χ1) is 14.1. The summed E-state index contributed by atoms with van der Waals surface area (Å²) in [6, 6.07) is 8.73. The summed E-state index contributed by atoms with van der Waals surface area (Å²) in [5, 5.41) is 7.32. The number of carbonyl (C=O) groups excluding carboxylic acids is 1. The van der Waals surface area contributed by atoms with Gasteiger partial charge in [-0.05, 0) is 83.4 Å². The molecule has 3 aliphatic rings. The van der Waals surface area contributed by atoms with Crippen LogP contribution in [-0.2, 0) is 9.53 Å². The first-order valence-electron chi connectivity index (χ1n) is 11.6. The second kappa shape index (κ2) is 7.83. The molecule has 166 valence electrons. The van der Waals surface area contributed by atoms with Gasteiger partial charge in [0.25, 0.3) is 0 Å². The van der Waals surface area contributed by atoms with Gasteiger partial charge in [0, 0.05) is 31.0 Å². The van der Waals surface area contributed by atoms with Crippen molar-refractivity contribution in [2.75, 3.05) is 6.61 Å². The molecule has 4 rings (SSSR count). The Morgan fingerprint density at radius 2 is 1.87 bits per heavy atom. The van der Waals surface area contributed by atoms with Crippen LogP contribution in [0.5, 0.6) is 5.75 Å². The summed E-state index contributed by atoms with van der Waals surface area (Å²) in [6.45, 7) is 13.3. The lowest BCUT2D eigenvalue weighted by atomic mass is 9.52. The van der Waals surface area contributed by atoms with Crippen molar-refractivity contribution in [2.45, 2.75) is 90.1 Å². The number of piperidine rings is 1. The Morgan fingerprint density at radius 3 is 2.50 bits per heavy atom. The van der Waals surface area contributed by atoms with Crippen LogP contribution in [0.3, 0.4) is 0 Å². The first kappa shape index (κ1) is 21.6. The minimum atomic E-state index is -0.221. The lowest BCUT2D eigenvalue weighted by Crippen LogP contribution is -2.73. The number of fused-ring (bicyclic) bond motifs is 4. The Labute approximate surface area is 181 Å². The number of hydrogen-bond acceptors (Lipinski definition) is 4. The second-order valence-corrected chi connectivity index (χ2v) is 10.5. The Hall–Kier alpha value is -1.59. The Kier molecular flexibility index (Phi) is 5.65. The van der Waals surface area contributed by atoms with Gasteiger partial charge < -0.3 is 20.1 Å². The van der Waals surface area contributed by atoms with E-state index >= 15 is 0 Å². The van der Waals surface area contributed by atoms with Crippen molar-refractivity contribution in [1.82, 2.24) is 10.6 Å². The molecule has 5 heteroatoms. The van der Waals surface area contributed by atoms with Gasteiger partial charge in [-0.1, -0.05) is 12.1 Å². The van der Waals surface area contributed by atoms with Crippen LogP contribution < -0.4 is 15.4 Å². The molecule has 2 aliphatic heterocycles. The Bertz CT molecular complexity index is 775. The molecule has 1 aromatic rings. The average Bonchev–Trinajstić information content (AvgIpc) is 2.65. The van der Waals surface area contributed by atoms with Crippen molar-refractivity contribution >= 4 is 5.91 Å². The van der Waals surface area contributed by atoms with E-state index in [2.05, 4.69) is 43.5 Å². The fourth-order valence-corrected chi connectivity index (χ4v) is 6.60. The van der Waals surface area contributed by atoms with Crippen LogP contribution in [0.1, 0.15) is 72.5 Å². The van der Waals surface area contributed by atoms with Gasteiger partial charge in [0.1, 0.15) is 5.75 Å². The third-order valence-electron chi connectivity index (χ3n) is 7.79. The average molecular weight is 415 g/mol. The molecule has 1 amide bonds. The monoisotopic (exact) mass is 414 g/mol. The highest BCUT2D eigenvalue weighted by Gasteiger charge is 2.60. The molecule has 1 aliphatic carbocycles. The molecular formula is C25H38N2O3. The van der Waals surface area contributed by atoms with E-state index in [1.54, 1.807) is 6.92 Å². The van der Waals surface area contributed by atoms with Gasteiger partial charge >= 0.3 is 0 Å². The van der Waals surface area contributed by atoms with E-state index in [9.17, 15) is 4.79 Å². The van der Waals surface area contributed by atoms with E-state index in [1.165, 1.54) is 5.56 Å². The molecule has 6 atom stereocenters. The topological polar surface area (TPSA) is 59.6 Å². The summed E-state index contributed by atoms with van der Waals surface area (Å²) in [7, 11) is 0. The van der Waals surface area contributed by atoms with Crippen LogP contribution in [0, 0.1) is 17.8 Å². The molecule has 0 aromatic heterocycles. The molecule has 0 unspecified atom stereocenters. The fourth-order valence-electron chi connectivity index (χ4n) is 6.60. The summed E-state index contributed by atoms with van der Waals surface area (Å²) in [5.41, 5.74) is 1.06. The van der Waals surface area contributed by atoms with E-state index in [4.69, 9.17) is 9.47 Å². The molecule has 0 spiro atoms. The smallest absolute Gasteiger partial charge is 0.217 e. The highest BCUT2D eigenvalue weighted by molar-refractivity contribution is 5.74. The second-order valence-electron chi connectivity index (χ2n) is 10.5. The van der Waals surface area contributed by atoms with Gasteiger partial charge in [-0.3, -0.25) is 4.79 Å². The Morgan fingerprint density at radius 1 is 1.20 bits per heavy atom. The van der Waals surface area contributed by atoms with Gasteiger partial charge in [0.05, 0.1) is 17.7 Å². The molecule has 30 heavy (non-hydrogen) atoms. The lowest BCUT2D eigenvalue weighted by Gasteiger charge is -2.63. The number of nitrogens with one attached hydrogen (secondary N) is 2. The van der Waals surface area contributed by atoms with Crippen LogP contribution in [0.4, 0.5) is 0 Å². The van der Waals surface area contributed by atoms with Crippen LogP contribution in [-0.4, -0.2) is 35.7 Å². The van der Waals surface area contributed by atoms with Crippen LogP contribution >= 0.6 is 0 Å². The van der Waals surface area contributed by atoms with Crippen molar-refractivity contribution in [3.63, 3.8) is 0 Å². The van der Waals surface area contributed by atoms with Crippen LogP contribution in [0.25, 0.3) is 0 Å². The zero-order valence-corrected chi connectivity index (χ0v) is 19.3. The molecule has 0 radical (unpaired) electrons. The predicted molar refractivity (Wildman–Crippen MR) is 118 cm³/mol. The number of carbonyl (C=O) groups is 1. The van der Waals surface area contributed by atoms with Crippen LogP contribution in [0.2, 0.25) is 0 Å². The van der Waals surface area contributed by atoms with Crippen molar-refractivity contribution in [3.8, 4) is 5.75 Å². The number of amides is 1. The maximum Gasteiger partial charge on any atom is 0.217 e. The molecule has 2 saturated heterocycles. The molecule has 1 aromatic carbocycles. The van der Waals surface area contributed by atoms with Gasteiger partial charge in [0.2, 0.25) is 5.91 Å². The van der Waals surface area contributed by atoms with Gasteiger partial charge in [0.15, 0.2) is 0 Å². The third kappa shape index (κ3) is 3.75. The van der Waals surface area contributed by atoms with E-state index < -0.39 is 0 Å². The van der Waals surface area contributed by atoms with E-state index in [0.717, 1.165) is 25.0 Å². The normalized spacial score (nSPS) is 37.4. The first-order valence-corrected chi connectivity index (χ1v) is 11.6. The highest BCUT2D eigenvalue weighted by Crippen LogP contribution is 2.56. The number of rotatable bonds is 4. The summed E-state index contributed by atoms with van der Waals surface area (Å²) in [4.78, 5) is 12.4. The largest absolute Gasteiger partial charge is 0.491 e. The van der Waals surface area contributed by atoms with Gasteiger partial charge in [-0.2, -0.15) is 0 Å². The summed E-state index contributed by atoms with van der Waals surface area (Å²) >= 11 is 0. The summed E-state index contributed by atoms with van der Waals surface area (Å²) in [6.07, 6.45) is 3.24. The fraction of sp³-hybridized carbons (Fsp3) is 0.720. The summed E-state index contributed by atoms with van der Waals surface area (Å²) in [5.74, 6) is 2.19. The maximum atomic E-state index is 12.4. The molecule has 2 bridgehead atoms. The molecule has 3 fully saturated rings. The number of hydrogen-bond donors (Lipinski definition) is 2. The SMILES string of the molecule is CC(=O)N[C@]12CCO[C@@H](c3ccc(OC(C)C)cc3)[C@@H]1C[C@H]1C[C@H]2[C@@H](C)NC1(C)C. The number of ether oxygens (including phenoxy) is 2. The lowest BCUT2D eigenvalue weighted by molar-refractivity contribution is -0.160. The van der Waals surface area contributed by atoms with Crippen LogP contribution in [0.15, 0.2) is 24.3 Å². The Balaban J connectivity index is 1.70. The maximum absolute atomic E-state index is 12.4. The quantitative estimate of drug-likeness (QED) is 0.774. The van der Waals surface area contributed by atoms with E-state index in [-0.39, 0.29) is 35.1 Å². The molecule has 1 saturated carbocycles. The van der Waals surface area contributed by atoms with E-state index in [0.29, 0.717) is 24.5 Å². The van der Waals surface area contributed by atoms with Crippen molar-refractivity contribution < 1.29 is 14.3 Å². The zero-order chi connectivity index (χ0) is 21.7. The van der Waals surface area contributed by atoms with Gasteiger partial charge in [-0.25, -0.2) is 0 Å². The zero-order valence-electron chi connectivity index (χ0n) is 19.3. The minimum Gasteiger partial charge on any atom is -0.491 e.